The van der Waals surface area contributed by atoms with Crippen LogP contribution in [0.2, 0.25) is 0 Å². The van der Waals surface area contributed by atoms with E-state index in [1.165, 1.54) is 0 Å². The molecule has 0 bridgehead atoms. The Bertz CT molecular complexity index is 764. The molecule has 0 aliphatic rings. The first kappa shape index (κ1) is 11.4. The first-order chi connectivity index (χ1) is 9.29. The molecule has 0 amide bonds. The minimum atomic E-state index is 0.198. The van der Waals surface area contributed by atoms with Gasteiger partial charge in [0, 0.05) is 7.05 Å². The highest BCUT2D eigenvalue weighted by atomic mass is 16.5. The molecule has 3 aromatic rings. The maximum Gasteiger partial charge on any atom is 0.246 e. The third-order valence-electron chi connectivity index (χ3n) is 2.93. The van der Waals surface area contributed by atoms with Gasteiger partial charge in [-0.1, -0.05) is 12.1 Å². The number of hydrogen-bond acceptors (Lipinski definition) is 4. The Labute approximate surface area is 109 Å². The Morgan fingerprint density at radius 1 is 1.42 bits per heavy atom. The van der Waals surface area contributed by atoms with Gasteiger partial charge in [-0.3, -0.25) is 0 Å². The highest BCUT2D eigenvalue weighted by Crippen LogP contribution is 2.32. The maximum absolute atomic E-state index is 9.09. The third kappa shape index (κ3) is 1.93. The molecule has 0 unspecified atom stereocenters. The predicted molar refractivity (Wildman–Crippen MR) is 68.5 cm³/mol. The van der Waals surface area contributed by atoms with E-state index in [-0.39, 0.29) is 5.76 Å². The molecule has 0 aliphatic carbocycles. The molecule has 0 radical (unpaired) electrons. The van der Waals surface area contributed by atoms with Crippen LogP contribution >= 0.6 is 0 Å². The van der Waals surface area contributed by atoms with Crippen molar-refractivity contribution in [3.8, 4) is 11.8 Å². The van der Waals surface area contributed by atoms with Crippen LogP contribution in [0.3, 0.4) is 0 Å². The first-order valence-corrected chi connectivity index (χ1v) is 5.79. The molecular weight excluding hydrogens is 242 g/mol. The Hall–Kier alpha value is -2.74. The summed E-state index contributed by atoms with van der Waals surface area (Å²) in [7, 11) is 1.89. The van der Waals surface area contributed by atoms with Gasteiger partial charge in [-0.05, 0) is 12.1 Å². The molecule has 2 heterocycles. The van der Waals surface area contributed by atoms with Gasteiger partial charge in [-0.25, -0.2) is 4.98 Å². The summed E-state index contributed by atoms with van der Waals surface area (Å²) in [5.41, 5.74) is 1.58. The van der Waals surface area contributed by atoms with Gasteiger partial charge < -0.3 is 13.7 Å². The van der Waals surface area contributed by atoms with E-state index in [9.17, 15) is 0 Å². The number of fused-ring (bicyclic) bond motifs is 1. The fraction of sp³-hybridized carbons (Fsp3) is 0.143. The fourth-order valence-electron chi connectivity index (χ4n) is 1.91. The zero-order valence-corrected chi connectivity index (χ0v) is 10.3. The zero-order chi connectivity index (χ0) is 13.2. The summed E-state index contributed by atoms with van der Waals surface area (Å²) in [5.74, 6) is 0.683. The van der Waals surface area contributed by atoms with E-state index in [0.717, 1.165) is 11.1 Å². The molecule has 94 valence electrons. The molecule has 5 nitrogen and oxygen atoms in total. The monoisotopic (exact) mass is 253 g/mol. The van der Waals surface area contributed by atoms with Crippen molar-refractivity contribution >= 4 is 11.0 Å². The van der Waals surface area contributed by atoms with Gasteiger partial charge in [0.25, 0.3) is 0 Å². The van der Waals surface area contributed by atoms with Crippen molar-refractivity contribution in [3.63, 3.8) is 0 Å². The van der Waals surface area contributed by atoms with Crippen molar-refractivity contribution in [2.45, 2.75) is 6.61 Å². The number of ether oxygens (including phenoxy) is 1. The van der Waals surface area contributed by atoms with Crippen LogP contribution in [0.15, 0.2) is 41.2 Å². The molecule has 0 aliphatic heterocycles. The number of furan rings is 1. The van der Waals surface area contributed by atoms with E-state index < -0.39 is 0 Å². The largest absolute Gasteiger partial charge is 0.482 e. The van der Waals surface area contributed by atoms with Crippen LogP contribution in [-0.4, -0.2) is 9.55 Å². The Morgan fingerprint density at radius 2 is 2.26 bits per heavy atom. The van der Waals surface area contributed by atoms with Gasteiger partial charge in [0.05, 0.1) is 23.6 Å². The average molecular weight is 253 g/mol. The molecular formula is C14H11N3O2. The summed E-state index contributed by atoms with van der Waals surface area (Å²) in [6, 6.07) is 9.45. The molecule has 0 spiro atoms. The first-order valence-electron chi connectivity index (χ1n) is 5.79. The number of benzene rings is 1. The smallest absolute Gasteiger partial charge is 0.246 e. The fourth-order valence-corrected chi connectivity index (χ4v) is 1.91. The molecule has 3 rings (SSSR count). The van der Waals surface area contributed by atoms with Crippen molar-refractivity contribution in [2.75, 3.05) is 0 Å². The van der Waals surface area contributed by atoms with Crippen LogP contribution in [0.1, 0.15) is 11.5 Å². The van der Waals surface area contributed by atoms with Crippen LogP contribution in [0.4, 0.5) is 0 Å². The Kier molecular flexibility index (Phi) is 2.69. The number of nitriles is 1. The number of imidazole rings is 1. The van der Waals surface area contributed by atoms with Crippen LogP contribution in [0.5, 0.6) is 5.75 Å². The lowest BCUT2D eigenvalue weighted by atomic mass is 10.2. The van der Waals surface area contributed by atoms with Crippen LogP contribution in [0.25, 0.3) is 11.0 Å². The molecule has 0 N–H and O–H groups in total. The molecule has 1 aromatic carbocycles. The average Bonchev–Trinajstić information content (AvgIpc) is 2.99. The Balaban J connectivity index is 1.96. The molecule has 2 aromatic heterocycles. The van der Waals surface area contributed by atoms with E-state index in [1.807, 2.05) is 41.9 Å². The van der Waals surface area contributed by atoms with Gasteiger partial charge in [0.15, 0.2) is 5.75 Å². The molecule has 0 fully saturated rings. The van der Waals surface area contributed by atoms with Gasteiger partial charge >= 0.3 is 0 Å². The van der Waals surface area contributed by atoms with Crippen molar-refractivity contribution in [3.05, 3.63) is 48.2 Å². The standard InChI is InChI=1S/C14H11N3O2/c1-17-9-16-7-10(17)8-18-14-11-4-2-3-5-12(11)19-13(14)6-15/h2-5,7,9H,8H2,1H3. The van der Waals surface area contributed by atoms with Crippen molar-refractivity contribution in [1.82, 2.24) is 9.55 Å². The van der Waals surface area contributed by atoms with Gasteiger partial charge in [0.2, 0.25) is 5.76 Å². The minimum absolute atomic E-state index is 0.198. The van der Waals surface area contributed by atoms with Crippen molar-refractivity contribution in [1.29, 1.82) is 5.26 Å². The quantitative estimate of drug-likeness (QED) is 0.719. The van der Waals surface area contributed by atoms with Gasteiger partial charge in [-0.15, -0.1) is 0 Å². The number of aromatic nitrogens is 2. The van der Waals surface area contributed by atoms with Crippen molar-refractivity contribution in [2.24, 2.45) is 7.05 Å². The summed E-state index contributed by atoms with van der Waals surface area (Å²) in [4.78, 5) is 4.02. The van der Waals surface area contributed by atoms with Crippen LogP contribution in [-0.2, 0) is 13.7 Å². The van der Waals surface area contributed by atoms with E-state index >= 15 is 0 Å². The summed E-state index contributed by atoms with van der Waals surface area (Å²) >= 11 is 0. The highest BCUT2D eigenvalue weighted by molar-refractivity contribution is 5.86. The highest BCUT2D eigenvalue weighted by Gasteiger charge is 2.15. The number of nitrogens with zero attached hydrogens (tertiary/aromatic N) is 3. The molecule has 5 heteroatoms. The molecule has 0 atom stereocenters. The van der Waals surface area contributed by atoms with E-state index in [0.29, 0.717) is 17.9 Å². The lowest BCUT2D eigenvalue weighted by molar-refractivity contribution is 0.295. The summed E-state index contributed by atoms with van der Waals surface area (Å²) in [5, 5.41) is 9.90. The third-order valence-corrected chi connectivity index (χ3v) is 2.93. The number of rotatable bonds is 3. The molecule has 0 saturated heterocycles. The number of para-hydroxylation sites is 1. The summed E-state index contributed by atoms with van der Waals surface area (Å²) in [6.45, 7) is 0.342. The van der Waals surface area contributed by atoms with E-state index in [2.05, 4.69) is 4.98 Å². The van der Waals surface area contributed by atoms with Gasteiger partial charge in [0.1, 0.15) is 18.3 Å². The van der Waals surface area contributed by atoms with Gasteiger partial charge in [-0.2, -0.15) is 5.26 Å². The van der Waals surface area contributed by atoms with Crippen molar-refractivity contribution < 1.29 is 9.15 Å². The summed E-state index contributed by atoms with van der Waals surface area (Å²) < 4.78 is 13.0. The van der Waals surface area contributed by atoms with E-state index in [4.69, 9.17) is 14.4 Å². The SMILES string of the molecule is Cn1cncc1COc1c(C#N)oc2ccccc12. The molecule has 19 heavy (non-hydrogen) atoms. The number of aryl methyl sites for hydroxylation is 1. The predicted octanol–water partition coefficient (Wildman–Crippen LogP) is 2.62. The van der Waals surface area contributed by atoms with Crippen LogP contribution in [0, 0.1) is 11.3 Å². The lowest BCUT2D eigenvalue weighted by Crippen LogP contribution is -2.01. The second-order valence-electron chi connectivity index (χ2n) is 4.15. The normalized spacial score (nSPS) is 10.5. The van der Waals surface area contributed by atoms with E-state index in [1.54, 1.807) is 12.5 Å². The summed E-state index contributed by atoms with van der Waals surface area (Å²) in [6.07, 6.45) is 3.44. The number of hydrogen-bond donors (Lipinski definition) is 0. The van der Waals surface area contributed by atoms with Crippen LogP contribution < -0.4 is 4.74 Å². The Morgan fingerprint density at radius 3 is 3.00 bits per heavy atom. The molecule has 0 saturated carbocycles. The maximum atomic E-state index is 9.09. The topological polar surface area (TPSA) is 64.0 Å². The second kappa shape index (κ2) is 4.50. The zero-order valence-electron chi connectivity index (χ0n) is 10.3. The minimum Gasteiger partial charge on any atom is -0.482 e. The lowest BCUT2D eigenvalue weighted by Gasteiger charge is -2.05. The second-order valence-corrected chi connectivity index (χ2v) is 4.15.